The van der Waals surface area contributed by atoms with Crippen LogP contribution in [0.5, 0.6) is 0 Å². The zero-order valence-electron chi connectivity index (χ0n) is 10.1. The van der Waals surface area contributed by atoms with Gasteiger partial charge in [-0.1, -0.05) is 30.3 Å². The molecule has 0 saturated heterocycles. The van der Waals surface area contributed by atoms with Crippen molar-refractivity contribution in [2.24, 2.45) is 0 Å². The number of sulfonamides is 1. The van der Waals surface area contributed by atoms with Crippen molar-refractivity contribution in [2.45, 2.75) is 5.85 Å². The van der Waals surface area contributed by atoms with Crippen molar-refractivity contribution in [1.82, 2.24) is 4.31 Å². The highest BCUT2D eigenvalue weighted by Gasteiger charge is 2.33. The molecule has 8 heteroatoms. The van der Waals surface area contributed by atoms with Crippen molar-refractivity contribution in [2.75, 3.05) is 19.6 Å². The fourth-order valence-corrected chi connectivity index (χ4v) is 4.02. The zero-order valence-corrected chi connectivity index (χ0v) is 11.8. The molecule has 0 aliphatic rings. The van der Waals surface area contributed by atoms with Crippen molar-refractivity contribution in [3.63, 3.8) is 0 Å². The Morgan fingerprint density at radius 2 is 1.83 bits per heavy atom. The van der Waals surface area contributed by atoms with Gasteiger partial charge in [-0.15, -0.1) is 0 Å². The van der Waals surface area contributed by atoms with E-state index in [1.54, 1.807) is 18.2 Å². The average molecular weight is 293 g/mol. The summed E-state index contributed by atoms with van der Waals surface area (Å²) in [5.41, 5.74) is 0.283. The Bertz CT molecular complexity index is 545. The van der Waals surface area contributed by atoms with Gasteiger partial charge in [0.05, 0.1) is 12.5 Å². The van der Waals surface area contributed by atoms with Gasteiger partial charge in [0.2, 0.25) is 17.4 Å². The van der Waals surface area contributed by atoms with E-state index in [0.717, 1.165) is 10.6 Å². The number of hydrogen-bond acceptors (Lipinski definition) is 4. The Morgan fingerprint density at radius 3 is 2.28 bits per heavy atom. The second kappa shape index (κ2) is 5.50. The third-order valence-electron chi connectivity index (χ3n) is 2.45. The average Bonchev–Trinajstić information content (AvgIpc) is 2.27. The lowest BCUT2D eigenvalue weighted by Crippen LogP contribution is -2.27. The Morgan fingerprint density at radius 1 is 1.33 bits per heavy atom. The van der Waals surface area contributed by atoms with Gasteiger partial charge in [0, 0.05) is 7.05 Å². The summed E-state index contributed by atoms with van der Waals surface area (Å²) in [7, 11) is -6.43. The first-order chi connectivity index (χ1) is 8.14. The lowest BCUT2D eigenvalue weighted by molar-refractivity contribution is 0.231. The van der Waals surface area contributed by atoms with Gasteiger partial charge in [-0.05, 0) is 5.56 Å². The predicted molar refractivity (Wildman–Crippen MR) is 68.7 cm³/mol. The van der Waals surface area contributed by atoms with E-state index in [2.05, 4.69) is 0 Å². The topological polar surface area (TPSA) is 94.9 Å². The van der Waals surface area contributed by atoms with Crippen molar-refractivity contribution in [1.29, 1.82) is 0 Å². The summed E-state index contributed by atoms with van der Waals surface area (Å²) in [5, 5.41) is 9.83. The van der Waals surface area contributed by atoms with E-state index in [9.17, 15) is 23.0 Å². The van der Waals surface area contributed by atoms with E-state index < -0.39 is 29.5 Å². The maximum absolute atomic E-state index is 12.0. The SMILES string of the molecule is CN(CP(=O)(O)[C@@H](O)c1ccccc1)S(C)(=O)=O. The molecule has 0 saturated carbocycles. The number of rotatable bonds is 5. The van der Waals surface area contributed by atoms with Crippen molar-refractivity contribution < 1.29 is 23.0 Å². The molecule has 0 heterocycles. The second-order valence-corrected chi connectivity index (χ2v) is 8.41. The number of hydrogen-bond donors (Lipinski definition) is 2. The van der Waals surface area contributed by atoms with Crippen LogP contribution in [-0.2, 0) is 14.6 Å². The molecule has 1 rings (SSSR count). The molecular weight excluding hydrogens is 277 g/mol. The Labute approximate surface area is 106 Å². The number of aliphatic hydroxyl groups excluding tert-OH is 1. The molecule has 1 unspecified atom stereocenters. The third kappa shape index (κ3) is 3.90. The number of benzene rings is 1. The molecule has 6 nitrogen and oxygen atoms in total. The molecule has 1 aromatic carbocycles. The van der Waals surface area contributed by atoms with Crippen LogP contribution in [0.25, 0.3) is 0 Å². The molecule has 0 fully saturated rings. The summed E-state index contributed by atoms with van der Waals surface area (Å²) < 4.78 is 35.1. The van der Waals surface area contributed by atoms with Crippen LogP contribution in [0.15, 0.2) is 30.3 Å². The fourth-order valence-electron chi connectivity index (χ4n) is 1.33. The molecule has 2 atom stereocenters. The van der Waals surface area contributed by atoms with Crippen molar-refractivity contribution in [3.05, 3.63) is 35.9 Å². The van der Waals surface area contributed by atoms with Gasteiger partial charge in [-0.2, -0.15) is 4.31 Å². The summed E-state index contributed by atoms with van der Waals surface area (Å²) in [6.07, 6.45) is 0.309. The summed E-state index contributed by atoms with van der Waals surface area (Å²) in [4.78, 5) is 9.77. The predicted octanol–water partition coefficient (Wildman–Crippen LogP) is 0.797. The number of aliphatic hydroxyl groups is 1. The molecule has 2 N–H and O–H groups in total. The largest absolute Gasteiger partial charge is 0.378 e. The molecule has 0 bridgehead atoms. The molecule has 0 aromatic heterocycles. The molecule has 1 aromatic rings. The minimum Gasteiger partial charge on any atom is -0.378 e. The fraction of sp³-hybridized carbons (Fsp3) is 0.400. The zero-order chi connectivity index (χ0) is 14.0. The second-order valence-electron chi connectivity index (χ2n) is 4.04. The van der Waals surface area contributed by atoms with Gasteiger partial charge in [0.25, 0.3) is 0 Å². The Balaban J connectivity index is 2.91. The van der Waals surface area contributed by atoms with Crippen LogP contribution < -0.4 is 0 Å². The van der Waals surface area contributed by atoms with Gasteiger partial charge in [0.15, 0.2) is 5.85 Å². The highest BCUT2D eigenvalue weighted by Crippen LogP contribution is 2.54. The van der Waals surface area contributed by atoms with E-state index in [1.807, 2.05) is 0 Å². The van der Waals surface area contributed by atoms with Crippen molar-refractivity contribution in [3.8, 4) is 0 Å². The highest BCUT2D eigenvalue weighted by atomic mass is 32.2. The van der Waals surface area contributed by atoms with E-state index >= 15 is 0 Å². The van der Waals surface area contributed by atoms with E-state index in [4.69, 9.17) is 0 Å². The van der Waals surface area contributed by atoms with Crippen LogP contribution in [-0.4, -0.2) is 42.3 Å². The van der Waals surface area contributed by atoms with Gasteiger partial charge < -0.3 is 10.00 Å². The highest BCUT2D eigenvalue weighted by molar-refractivity contribution is 7.88. The van der Waals surface area contributed by atoms with E-state index in [-0.39, 0.29) is 5.56 Å². The van der Waals surface area contributed by atoms with Crippen LogP contribution in [0.2, 0.25) is 0 Å². The van der Waals surface area contributed by atoms with Gasteiger partial charge in [-0.25, -0.2) is 8.42 Å². The molecule has 0 aliphatic heterocycles. The van der Waals surface area contributed by atoms with E-state index in [0.29, 0.717) is 0 Å². The normalized spacial score (nSPS) is 17.4. The van der Waals surface area contributed by atoms with Crippen LogP contribution in [0.1, 0.15) is 11.4 Å². The van der Waals surface area contributed by atoms with Crippen LogP contribution in [0.3, 0.4) is 0 Å². The van der Waals surface area contributed by atoms with E-state index in [1.165, 1.54) is 19.2 Å². The maximum Gasteiger partial charge on any atom is 0.247 e. The summed E-state index contributed by atoms with van der Waals surface area (Å²) in [6.45, 7) is 0. The third-order valence-corrected chi connectivity index (χ3v) is 5.79. The molecule has 0 radical (unpaired) electrons. The monoisotopic (exact) mass is 293 g/mol. The van der Waals surface area contributed by atoms with Crippen LogP contribution in [0.4, 0.5) is 0 Å². The lowest BCUT2D eigenvalue weighted by Gasteiger charge is -2.22. The van der Waals surface area contributed by atoms with Gasteiger partial charge >= 0.3 is 0 Å². The first kappa shape index (κ1) is 15.3. The first-order valence-corrected chi connectivity index (χ1v) is 8.86. The summed E-state index contributed by atoms with van der Waals surface area (Å²) in [6, 6.07) is 7.97. The summed E-state index contributed by atoms with van der Waals surface area (Å²) in [5.74, 6) is -1.59. The smallest absolute Gasteiger partial charge is 0.247 e. The molecule has 102 valence electrons. The van der Waals surface area contributed by atoms with Gasteiger partial charge in [-0.3, -0.25) is 4.57 Å². The maximum atomic E-state index is 12.0. The minimum absolute atomic E-state index is 0.283. The molecule has 18 heavy (non-hydrogen) atoms. The van der Waals surface area contributed by atoms with Crippen LogP contribution in [0, 0.1) is 0 Å². The lowest BCUT2D eigenvalue weighted by atomic mass is 10.2. The minimum atomic E-state index is -4.06. The summed E-state index contributed by atoms with van der Waals surface area (Å²) >= 11 is 0. The Hall–Kier alpha value is -0.720. The molecule has 0 spiro atoms. The first-order valence-electron chi connectivity index (χ1n) is 5.10. The van der Waals surface area contributed by atoms with Crippen LogP contribution >= 0.6 is 7.37 Å². The number of nitrogens with zero attached hydrogens (tertiary/aromatic N) is 1. The quantitative estimate of drug-likeness (QED) is 0.783. The Kier molecular flexibility index (Phi) is 4.69. The molecular formula is C10H16NO5PS. The molecule has 0 amide bonds. The van der Waals surface area contributed by atoms with Gasteiger partial charge in [0.1, 0.15) is 0 Å². The standard InChI is InChI=1S/C10H16NO5PS/c1-11(18(2,15)16)8-17(13,14)10(12)9-6-4-3-5-7-9/h3-7,10,12H,8H2,1-2H3,(H,13,14)/t10-/m1/s1. The molecule has 0 aliphatic carbocycles. The van der Waals surface area contributed by atoms with Crippen molar-refractivity contribution >= 4 is 17.4 Å².